The first-order chi connectivity index (χ1) is 13.3. The molecule has 2 aromatic rings. The van der Waals surface area contributed by atoms with Gasteiger partial charge in [0, 0.05) is 6.54 Å². The molecule has 0 aliphatic heterocycles. The summed E-state index contributed by atoms with van der Waals surface area (Å²) in [6, 6.07) is 5.45. The highest BCUT2D eigenvalue weighted by molar-refractivity contribution is 5.94. The summed E-state index contributed by atoms with van der Waals surface area (Å²) in [4.78, 5) is 42.2. The fourth-order valence-corrected chi connectivity index (χ4v) is 3.32. The zero-order chi connectivity index (χ0) is 20.3. The number of amides is 2. The third-order valence-corrected chi connectivity index (χ3v) is 4.73. The molecule has 0 atom stereocenters. The number of aromatic nitrogens is 2. The molecule has 9 nitrogen and oxygen atoms in total. The minimum atomic E-state index is -1.28. The molecule has 2 amide bonds. The normalized spacial score (nSPS) is 15.2. The smallest absolute Gasteiger partial charge is 0.405 e. The van der Waals surface area contributed by atoms with E-state index in [9.17, 15) is 23.9 Å². The Morgan fingerprint density at radius 3 is 2.46 bits per heavy atom. The van der Waals surface area contributed by atoms with Crippen molar-refractivity contribution in [3.63, 3.8) is 0 Å². The molecular formula is C18H19FN4O5. The molecule has 1 aromatic heterocycles. The maximum atomic E-state index is 13.0. The molecule has 1 aliphatic rings. The molecule has 10 heteroatoms. The minimum absolute atomic E-state index is 0.0119. The maximum absolute atomic E-state index is 13.0. The summed E-state index contributed by atoms with van der Waals surface area (Å²) in [5.74, 6) is -2.09. The molecule has 1 heterocycles. The van der Waals surface area contributed by atoms with Crippen molar-refractivity contribution in [3.8, 4) is 5.75 Å². The maximum Gasteiger partial charge on any atom is 0.405 e. The number of hydrogen-bond acceptors (Lipinski definition) is 5. The van der Waals surface area contributed by atoms with Crippen LogP contribution in [0.5, 0.6) is 5.75 Å². The van der Waals surface area contributed by atoms with E-state index >= 15 is 0 Å². The lowest BCUT2D eigenvalue weighted by molar-refractivity contribution is 0.0941. The van der Waals surface area contributed by atoms with Crippen molar-refractivity contribution >= 4 is 12.0 Å². The first-order valence-electron chi connectivity index (χ1n) is 8.68. The summed E-state index contributed by atoms with van der Waals surface area (Å²) in [6.45, 7) is 0.0287. The van der Waals surface area contributed by atoms with Gasteiger partial charge in [-0.2, -0.15) is 0 Å². The van der Waals surface area contributed by atoms with Crippen LogP contribution < -0.4 is 16.2 Å². The van der Waals surface area contributed by atoms with Crippen molar-refractivity contribution in [2.75, 3.05) is 0 Å². The summed E-state index contributed by atoms with van der Waals surface area (Å²) < 4.78 is 13.0. The van der Waals surface area contributed by atoms with Crippen LogP contribution in [-0.4, -0.2) is 32.2 Å². The van der Waals surface area contributed by atoms with Gasteiger partial charge < -0.3 is 25.8 Å². The van der Waals surface area contributed by atoms with E-state index in [0.717, 1.165) is 12.8 Å². The number of rotatable bonds is 5. The highest BCUT2D eigenvalue weighted by Gasteiger charge is 2.40. The van der Waals surface area contributed by atoms with Crippen LogP contribution in [0.4, 0.5) is 9.18 Å². The highest BCUT2D eigenvalue weighted by atomic mass is 19.1. The van der Waals surface area contributed by atoms with Crippen molar-refractivity contribution in [3.05, 3.63) is 57.5 Å². The van der Waals surface area contributed by atoms with E-state index in [-0.39, 0.29) is 12.4 Å². The lowest BCUT2D eigenvalue weighted by Crippen LogP contribution is -2.45. The van der Waals surface area contributed by atoms with E-state index < -0.39 is 40.4 Å². The summed E-state index contributed by atoms with van der Waals surface area (Å²) in [5.41, 5.74) is -1.95. The van der Waals surface area contributed by atoms with Gasteiger partial charge in [0.15, 0.2) is 5.69 Å². The molecule has 3 rings (SSSR count). The van der Waals surface area contributed by atoms with Gasteiger partial charge in [0.25, 0.3) is 11.5 Å². The Labute approximate surface area is 158 Å². The first-order valence-corrected chi connectivity index (χ1v) is 8.68. The second-order valence-corrected chi connectivity index (χ2v) is 6.64. The molecule has 0 radical (unpaired) electrons. The van der Waals surface area contributed by atoms with E-state index in [4.69, 9.17) is 5.11 Å². The third kappa shape index (κ3) is 3.95. The van der Waals surface area contributed by atoms with Crippen LogP contribution in [0.15, 0.2) is 29.1 Å². The van der Waals surface area contributed by atoms with E-state index in [0.29, 0.717) is 18.4 Å². The number of carboxylic acid groups (broad SMARTS) is 1. The molecule has 0 unspecified atom stereocenters. The number of benzene rings is 1. The standard InChI is InChI=1S/C18H19FN4O5/c19-11-5-3-10(4-6-11)9-20-14(25)12-13(24)15(26)22-16(21-12)18(23-17(27)28)7-1-2-8-18/h3-6,23-24H,1-2,7-9H2,(H,20,25)(H,27,28)(H,21,22,26). The zero-order valence-corrected chi connectivity index (χ0v) is 14.8. The Balaban J connectivity index is 1.88. The minimum Gasteiger partial charge on any atom is -0.501 e. The number of aromatic hydroxyl groups is 1. The lowest BCUT2D eigenvalue weighted by atomic mass is 9.96. The van der Waals surface area contributed by atoms with Crippen LogP contribution in [0, 0.1) is 5.82 Å². The Morgan fingerprint density at radius 2 is 1.86 bits per heavy atom. The van der Waals surface area contributed by atoms with Crippen LogP contribution in [-0.2, 0) is 12.1 Å². The topological polar surface area (TPSA) is 144 Å². The predicted molar refractivity (Wildman–Crippen MR) is 95.4 cm³/mol. The van der Waals surface area contributed by atoms with E-state index in [1.807, 2.05) is 0 Å². The number of nitrogens with zero attached hydrogens (tertiary/aromatic N) is 1. The first kappa shape index (κ1) is 19.3. The number of aromatic amines is 1. The van der Waals surface area contributed by atoms with Gasteiger partial charge in [-0.3, -0.25) is 9.59 Å². The van der Waals surface area contributed by atoms with Crippen LogP contribution in [0.1, 0.15) is 47.6 Å². The van der Waals surface area contributed by atoms with Crippen LogP contribution in [0.3, 0.4) is 0 Å². The molecule has 28 heavy (non-hydrogen) atoms. The van der Waals surface area contributed by atoms with Gasteiger partial charge in [0.05, 0.1) is 0 Å². The van der Waals surface area contributed by atoms with E-state index in [1.165, 1.54) is 24.3 Å². The average Bonchev–Trinajstić information content (AvgIpc) is 3.12. The van der Waals surface area contributed by atoms with Gasteiger partial charge in [-0.25, -0.2) is 14.2 Å². The Morgan fingerprint density at radius 1 is 1.21 bits per heavy atom. The summed E-state index contributed by atoms with van der Waals surface area (Å²) >= 11 is 0. The van der Waals surface area contributed by atoms with Crippen molar-refractivity contribution < 1.29 is 24.2 Å². The molecule has 0 bridgehead atoms. The summed E-state index contributed by atoms with van der Waals surface area (Å²) in [7, 11) is 0. The molecular weight excluding hydrogens is 371 g/mol. The second-order valence-electron chi connectivity index (χ2n) is 6.64. The Bertz CT molecular complexity index is 951. The van der Waals surface area contributed by atoms with Crippen molar-refractivity contribution in [2.24, 2.45) is 0 Å². The fraction of sp³-hybridized carbons (Fsp3) is 0.333. The van der Waals surface area contributed by atoms with Crippen LogP contribution in [0.2, 0.25) is 0 Å². The Hall–Kier alpha value is -3.43. The number of carbonyl (C=O) groups is 2. The van der Waals surface area contributed by atoms with E-state index in [1.54, 1.807) is 0 Å². The molecule has 1 fully saturated rings. The van der Waals surface area contributed by atoms with Crippen molar-refractivity contribution in [1.82, 2.24) is 20.6 Å². The average molecular weight is 390 g/mol. The SMILES string of the molecule is O=C(O)NC1(c2nc(C(=O)NCc3ccc(F)cc3)c(O)c(=O)[nH]2)CCCC1. The highest BCUT2D eigenvalue weighted by Crippen LogP contribution is 2.37. The number of halogens is 1. The largest absolute Gasteiger partial charge is 0.501 e. The van der Waals surface area contributed by atoms with E-state index in [2.05, 4.69) is 20.6 Å². The molecule has 1 aromatic carbocycles. The number of nitrogens with one attached hydrogen (secondary N) is 3. The zero-order valence-electron chi connectivity index (χ0n) is 14.8. The van der Waals surface area contributed by atoms with Crippen LogP contribution >= 0.6 is 0 Å². The molecule has 1 aliphatic carbocycles. The monoisotopic (exact) mass is 390 g/mol. The third-order valence-electron chi connectivity index (χ3n) is 4.73. The van der Waals surface area contributed by atoms with Gasteiger partial charge >= 0.3 is 6.09 Å². The molecule has 148 valence electrons. The molecule has 5 N–H and O–H groups in total. The van der Waals surface area contributed by atoms with Crippen molar-refractivity contribution in [1.29, 1.82) is 0 Å². The van der Waals surface area contributed by atoms with Crippen LogP contribution in [0.25, 0.3) is 0 Å². The number of H-pyrrole nitrogens is 1. The number of carbonyl (C=O) groups excluding carboxylic acids is 1. The lowest BCUT2D eigenvalue weighted by Gasteiger charge is -2.27. The summed E-state index contributed by atoms with van der Waals surface area (Å²) in [6.07, 6.45) is 0.973. The number of hydrogen-bond donors (Lipinski definition) is 5. The van der Waals surface area contributed by atoms with Gasteiger partial charge in [-0.1, -0.05) is 25.0 Å². The summed E-state index contributed by atoms with van der Waals surface area (Å²) in [5, 5.41) is 24.0. The molecule has 0 spiro atoms. The predicted octanol–water partition coefficient (Wildman–Crippen LogP) is 1.58. The Kier molecular flexibility index (Phi) is 5.30. The van der Waals surface area contributed by atoms with Gasteiger partial charge in [0.1, 0.15) is 17.2 Å². The quantitative estimate of drug-likeness (QED) is 0.524. The van der Waals surface area contributed by atoms with Gasteiger partial charge in [-0.15, -0.1) is 0 Å². The molecule has 0 saturated heterocycles. The second kappa shape index (κ2) is 7.67. The van der Waals surface area contributed by atoms with Gasteiger partial charge in [0.2, 0.25) is 5.75 Å². The molecule has 1 saturated carbocycles. The van der Waals surface area contributed by atoms with Gasteiger partial charge in [-0.05, 0) is 30.5 Å². The van der Waals surface area contributed by atoms with Crippen molar-refractivity contribution in [2.45, 2.75) is 37.8 Å². The fourth-order valence-electron chi connectivity index (χ4n) is 3.32.